The number of halogens is 1. The minimum atomic E-state index is -0.385. The van der Waals surface area contributed by atoms with Gasteiger partial charge in [0.25, 0.3) is 0 Å². The molecule has 2 heterocycles. The fourth-order valence-electron chi connectivity index (χ4n) is 3.76. The maximum atomic E-state index is 13.9. The third-order valence-electron chi connectivity index (χ3n) is 5.27. The SMILES string of the molecule is CCOc1ccc(NC(=O)N2CCCC(Cc3nc(-c4ccccc4F)no3)C2)cc1. The number of carbonyl (C=O) groups is 1. The number of ether oxygens (including phenoxy) is 1. The lowest BCUT2D eigenvalue weighted by Crippen LogP contribution is -2.42. The van der Waals surface area contributed by atoms with Crippen molar-refractivity contribution in [2.75, 3.05) is 25.0 Å². The van der Waals surface area contributed by atoms with Crippen molar-refractivity contribution in [3.8, 4) is 17.1 Å². The van der Waals surface area contributed by atoms with E-state index >= 15 is 0 Å². The van der Waals surface area contributed by atoms with Crippen LogP contribution in [0.5, 0.6) is 5.75 Å². The fourth-order valence-corrected chi connectivity index (χ4v) is 3.76. The van der Waals surface area contributed by atoms with E-state index in [9.17, 15) is 9.18 Å². The minimum absolute atomic E-state index is 0.133. The van der Waals surface area contributed by atoms with E-state index in [-0.39, 0.29) is 23.6 Å². The van der Waals surface area contributed by atoms with E-state index in [1.54, 1.807) is 23.1 Å². The summed E-state index contributed by atoms with van der Waals surface area (Å²) in [5, 5.41) is 6.85. The maximum Gasteiger partial charge on any atom is 0.321 e. The van der Waals surface area contributed by atoms with Gasteiger partial charge in [0.05, 0.1) is 12.2 Å². The molecule has 8 heteroatoms. The van der Waals surface area contributed by atoms with E-state index in [0.29, 0.717) is 37.6 Å². The van der Waals surface area contributed by atoms with Gasteiger partial charge in [-0.25, -0.2) is 9.18 Å². The quantitative estimate of drug-likeness (QED) is 0.617. The molecule has 2 amide bonds. The molecule has 1 aliphatic heterocycles. The molecular weight excluding hydrogens is 399 g/mol. The number of anilines is 1. The lowest BCUT2D eigenvalue weighted by atomic mass is 9.95. The number of urea groups is 1. The summed E-state index contributed by atoms with van der Waals surface area (Å²) in [5.74, 6) is 1.29. The molecule has 0 aliphatic carbocycles. The molecule has 3 aromatic rings. The lowest BCUT2D eigenvalue weighted by molar-refractivity contribution is 0.173. The molecule has 1 atom stereocenters. The summed E-state index contributed by atoms with van der Waals surface area (Å²) < 4.78 is 24.7. The number of hydrogen-bond donors (Lipinski definition) is 1. The number of nitrogens with one attached hydrogen (secondary N) is 1. The normalized spacial score (nSPS) is 16.2. The minimum Gasteiger partial charge on any atom is -0.494 e. The Morgan fingerprint density at radius 3 is 2.84 bits per heavy atom. The van der Waals surface area contributed by atoms with Crippen LogP contribution < -0.4 is 10.1 Å². The summed E-state index contributed by atoms with van der Waals surface area (Å²) in [4.78, 5) is 18.8. The molecule has 162 valence electrons. The van der Waals surface area contributed by atoms with Gasteiger partial charge >= 0.3 is 6.03 Å². The number of benzene rings is 2. The molecule has 7 nitrogen and oxygen atoms in total. The van der Waals surface area contributed by atoms with Gasteiger partial charge in [-0.3, -0.25) is 0 Å². The second-order valence-electron chi connectivity index (χ2n) is 7.54. The summed E-state index contributed by atoms with van der Waals surface area (Å²) in [7, 11) is 0. The second-order valence-corrected chi connectivity index (χ2v) is 7.54. The van der Waals surface area contributed by atoms with Crippen molar-refractivity contribution < 1.29 is 18.4 Å². The Morgan fingerprint density at radius 1 is 1.26 bits per heavy atom. The van der Waals surface area contributed by atoms with Crippen molar-refractivity contribution >= 4 is 11.7 Å². The van der Waals surface area contributed by atoms with E-state index in [1.165, 1.54) is 6.07 Å². The standard InChI is InChI=1S/C23H25FN4O3/c1-2-30-18-11-9-17(10-12-18)25-23(29)28-13-5-6-16(15-28)14-21-26-22(27-31-21)19-7-3-4-8-20(19)24/h3-4,7-12,16H,2,5-6,13-15H2,1H3,(H,25,29). The monoisotopic (exact) mass is 424 g/mol. The third kappa shape index (κ3) is 5.20. The second kappa shape index (κ2) is 9.59. The van der Waals surface area contributed by atoms with Crippen LogP contribution in [0, 0.1) is 11.7 Å². The van der Waals surface area contributed by atoms with Crippen LogP contribution in [0.4, 0.5) is 14.9 Å². The molecule has 2 aromatic carbocycles. The van der Waals surface area contributed by atoms with E-state index < -0.39 is 0 Å². The fraction of sp³-hybridized carbons (Fsp3) is 0.348. The highest BCUT2D eigenvalue weighted by Gasteiger charge is 2.26. The molecule has 1 aliphatic rings. The van der Waals surface area contributed by atoms with Gasteiger partial charge in [-0.1, -0.05) is 17.3 Å². The summed E-state index contributed by atoms with van der Waals surface area (Å²) in [6, 6.07) is 13.5. The molecule has 1 unspecified atom stereocenters. The molecule has 1 saturated heterocycles. The number of hydrogen-bond acceptors (Lipinski definition) is 5. The average molecular weight is 424 g/mol. The van der Waals surface area contributed by atoms with Crippen molar-refractivity contribution in [3.05, 3.63) is 60.2 Å². The van der Waals surface area contributed by atoms with Crippen molar-refractivity contribution in [1.82, 2.24) is 15.0 Å². The molecule has 4 rings (SSSR count). The topological polar surface area (TPSA) is 80.5 Å². The van der Waals surface area contributed by atoms with Gasteiger partial charge in [-0.2, -0.15) is 4.98 Å². The number of amides is 2. The molecular formula is C23H25FN4O3. The zero-order valence-electron chi connectivity index (χ0n) is 17.4. The molecule has 0 radical (unpaired) electrons. The highest BCUT2D eigenvalue weighted by Crippen LogP contribution is 2.24. The van der Waals surface area contributed by atoms with Gasteiger partial charge in [-0.15, -0.1) is 0 Å². The molecule has 1 aromatic heterocycles. The Balaban J connectivity index is 1.34. The first-order valence-corrected chi connectivity index (χ1v) is 10.5. The van der Waals surface area contributed by atoms with Gasteiger partial charge in [0.1, 0.15) is 11.6 Å². The predicted molar refractivity (Wildman–Crippen MR) is 114 cm³/mol. The Bertz CT molecular complexity index is 1020. The number of rotatable bonds is 6. The zero-order chi connectivity index (χ0) is 21.6. The largest absolute Gasteiger partial charge is 0.494 e. The summed E-state index contributed by atoms with van der Waals surface area (Å²) in [6.45, 7) is 3.82. The van der Waals surface area contributed by atoms with Crippen molar-refractivity contribution in [3.63, 3.8) is 0 Å². The Morgan fingerprint density at radius 2 is 2.06 bits per heavy atom. The summed E-state index contributed by atoms with van der Waals surface area (Å²) in [5.41, 5.74) is 1.04. The number of likely N-dealkylation sites (tertiary alicyclic amines) is 1. The molecule has 1 N–H and O–H groups in total. The van der Waals surface area contributed by atoms with Crippen LogP contribution in [-0.4, -0.2) is 40.8 Å². The van der Waals surface area contributed by atoms with Crippen molar-refractivity contribution in [1.29, 1.82) is 0 Å². The zero-order valence-corrected chi connectivity index (χ0v) is 17.4. The first-order valence-electron chi connectivity index (χ1n) is 10.5. The van der Waals surface area contributed by atoms with Crippen LogP contribution in [0.1, 0.15) is 25.7 Å². The molecule has 31 heavy (non-hydrogen) atoms. The Hall–Kier alpha value is -3.42. The highest BCUT2D eigenvalue weighted by atomic mass is 19.1. The predicted octanol–water partition coefficient (Wildman–Crippen LogP) is 4.76. The van der Waals surface area contributed by atoms with Crippen molar-refractivity contribution in [2.24, 2.45) is 5.92 Å². The van der Waals surface area contributed by atoms with Gasteiger partial charge < -0.3 is 19.5 Å². The molecule has 0 saturated carbocycles. The van der Waals surface area contributed by atoms with Gasteiger partial charge in [0, 0.05) is 25.2 Å². The average Bonchev–Trinajstić information content (AvgIpc) is 3.24. The maximum absolute atomic E-state index is 13.9. The molecule has 0 bridgehead atoms. The third-order valence-corrected chi connectivity index (χ3v) is 5.27. The highest BCUT2D eigenvalue weighted by molar-refractivity contribution is 5.89. The van der Waals surface area contributed by atoms with Gasteiger partial charge in [0.15, 0.2) is 0 Å². The first kappa shape index (κ1) is 20.8. The van der Waals surface area contributed by atoms with Crippen LogP contribution in [0.15, 0.2) is 53.1 Å². The molecule has 0 spiro atoms. The van der Waals surface area contributed by atoms with E-state index in [1.807, 2.05) is 31.2 Å². The smallest absolute Gasteiger partial charge is 0.321 e. The number of piperidine rings is 1. The summed E-state index contributed by atoms with van der Waals surface area (Å²) >= 11 is 0. The van der Waals surface area contributed by atoms with E-state index in [0.717, 1.165) is 24.3 Å². The number of carbonyl (C=O) groups excluding carboxylic acids is 1. The van der Waals surface area contributed by atoms with Crippen molar-refractivity contribution in [2.45, 2.75) is 26.2 Å². The van der Waals surface area contributed by atoms with E-state index in [4.69, 9.17) is 9.26 Å². The van der Waals surface area contributed by atoms with Gasteiger partial charge in [-0.05, 0) is 62.1 Å². The number of nitrogens with zero attached hydrogens (tertiary/aromatic N) is 3. The molecule has 1 fully saturated rings. The Kier molecular flexibility index (Phi) is 6.45. The van der Waals surface area contributed by atoms with Crippen LogP contribution >= 0.6 is 0 Å². The van der Waals surface area contributed by atoms with Crippen LogP contribution in [0.2, 0.25) is 0 Å². The first-order chi connectivity index (χ1) is 15.1. The summed E-state index contributed by atoms with van der Waals surface area (Å²) in [6.07, 6.45) is 2.41. The van der Waals surface area contributed by atoms with Crippen LogP contribution in [0.3, 0.4) is 0 Å². The lowest BCUT2D eigenvalue weighted by Gasteiger charge is -2.32. The van der Waals surface area contributed by atoms with Gasteiger partial charge in [0.2, 0.25) is 11.7 Å². The van der Waals surface area contributed by atoms with Crippen LogP contribution in [-0.2, 0) is 6.42 Å². The van der Waals surface area contributed by atoms with E-state index in [2.05, 4.69) is 15.5 Å². The number of aromatic nitrogens is 2. The van der Waals surface area contributed by atoms with Crippen LogP contribution in [0.25, 0.3) is 11.4 Å². The Labute approximate surface area is 180 Å².